The zero-order valence-corrected chi connectivity index (χ0v) is 13.3. The van der Waals surface area contributed by atoms with Crippen molar-refractivity contribution in [2.75, 3.05) is 17.7 Å². The van der Waals surface area contributed by atoms with Gasteiger partial charge in [0.2, 0.25) is 11.8 Å². The fourth-order valence-electron chi connectivity index (χ4n) is 2.04. The third kappa shape index (κ3) is 4.95. The largest absolute Gasteiger partial charge is 0.495 e. The highest BCUT2D eigenvalue weighted by Crippen LogP contribution is 2.27. The van der Waals surface area contributed by atoms with E-state index < -0.39 is 0 Å². The summed E-state index contributed by atoms with van der Waals surface area (Å²) in [5.41, 5.74) is 1.53. The van der Waals surface area contributed by atoms with Gasteiger partial charge in [-0.3, -0.25) is 9.59 Å². The molecule has 0 spiro atoms. The highest BCUT2D eigenvalue weighted by Gasteiger charge is 2.07. The topological polar surface area (TPSA) is 67.4 Å². The minimum absolute atomic E-state index is 0.247. The van der Waals surface area contributed by atoms with Crippen molar-refractivity contribution in [1.82, 2.24) is 0 Å². The van der Waals surface area contributed by atoms with Gasteiger partial charge in [0.25, 0.3) is 0 Å². The summed E-state index contributed by atoms with van der Waals surface area (Å²) in [6.07, 6.45) is 2.81. The molecule has 0 fully saturated rings. The van der Waals surface area contributed by atoms with Crippen LogP contribution in [0.25, 0.3) is 6.08 Å². The molecule has 0 saturated heterocycles. The number of anilines is 2. The van der Waals surface area contributed by atoms with Crippen molar-refractivity contribution in [3.63, 3.8) is 0 Å². The molecular weight excluding hydrogens is 311 g/mol. The summed E-state index contributed by atoms with van der Waals surface area (Å²) in [5.74, 6) is -0.507. The molecule has 0 aromatic heterocycles. The number of carbonyl (C=O) groups excluding carboxylic acids is 2. The van der Waals surface area contributed by atoms with Crippen LogP contribution in [0.1, 0.15) is 12.5 Å². The molecule has 0 heterocycles. The van der Waals surface area contributed by atoms with E-state index in [2.05, 4.69) is 10.6 Å². The van der Waals surface area contributed by atoms with Gasteiger partial charge in [0.05, 0.1) is 12.8 Å². The van der Waals surface area contributed by atoms with Gasteiger partial charge >= 0.3 is 0 Å². The zero-order valence-electron chi connectivity index (χ0n) is 13.3. The second-order valence-corrected chi connectivity index (χ2v) is 4.97. The number of nitrogens with one attached hydrogen (secondary N) is 2. The minimum atomic E-state index is -0.377. The Morgan fingerprint density at radius 2 is 1.92 bits per heavy atom. The van der Waals surface area contributed by atoms with E-state index in [1.165, 1.54) is 38.3 Å². The quantitative estimate of drug-likeness (QED) is 0.826. The van der Waals surface area contributed by atoms with Crippen LogP contribution < -0.4 is 15.4 Å². The van der Waals surface area contributed by atoms with E-state index in [0.29, 0.717) is 22.7 Å². The first-order valence-corrected chi connectivity index (χ1v) is 7.18. The third-order valence-corrected chi connectivity index (χ3v) is 3.05. The Labute approximate surface area is 139 Å². The summed E-state index contributed by atoms with van der Waals surface area (Å²) < 4.78 is 18.2. The van der Waals surface area contributed by atoms with Gasteiger partial charge in [0.15, 0.2) is 0 Å². The monoisotopic (exact) mass is 328 g/mol. The summed E-state index contributed by atoms with van der Waals surface area (Å²) in [7, 11) is 1.49. The van der Waals surface area contributed by atoms with Crippen LogP contribution in [-0.4, -0.2) is 18.9 Å². The van der Waals surface area contributed by atoms with E-state index in [4.69, 9.17) is 4.74 Å². The molecule has 24 heavy (non-hydrogen) atoms. The highest BCUT2D eigenvalue weighted by atomic mass is 19.1. The van der Waals surface area contributed by atoms with Gasteiger partial charge in [-0.25, -0.2) is 4.39 Å². The van der Waals surface area contributed by atoms with Crippen molar-refractivity contribution in [3.05, 3.63) is 59.9 Å². The van der Waals surface area contributed by atoms with E-state index in [-0.39, 0.29) is 17.6 Å². The number of methoxy groups -OCH3 is 1. The lowest BCUT2D eigenvalue weighted by molar-refractivity contribution is -0.114. The number of benzene rings is 2. The van der Waals surface area contributed by atoms with Gasteiger partial charge in [0, 0.05) is 18.7 Å². The molecule has 5 nitrogen and oxygen atoms in total. The number of ether oxygens (including phenoxy) is 1. The summed E-state index contributed by atoms with van der Waals surface area (Å²) in [6.45, 7) is 1.38. The fraction of sp³-hybridized carbons (Fsp3) is 0.111. The Morgan fingerprint density at radius 1 is 1.12 bits per heavy atom. The summed E-state index contributed by atoms with van der Waals surface area (Å²) in [5, 5.41) is 5.29. The maximum Gasteiger partial charge on any atom is 0.248 e. The molecule has 0 aliphatic rings. The van der Waals surface area contributed by atoms with Crippen LogP contribution in [0.4, 0.5) is 15.8 Å². The van der Waals surface area contributed by atoms with Gasteiger partial charge < -0.3 is 15.4 Å². The molecule has 124 valence electrons. The molecule has 6 heteroatoms. The molecule has 0 aliphatic carbocycles. The molecule has 2 amide bonds. The van der Waals surface area contributed by atoms with Crippen LogP contribution in [0.15, 0.2) is 48.5 Å². The predicted molar refractivity (Wildman–Crippen MR) is 91.4 cm³/mol. The van der Waals surface area contributed by atoms with Gasteiger partial charge in [-0.05, 0) is 42.0 Å². The second-order valence-electron chi connectivity index (χ2n) is 4.97. The maximum atomic E-state index is 13.1. The molecule has 0 radical (unpaired) electrons. The Morgan fingerprint density at radius 3 is 2.58 bits per heavy atom. The number of halogens is 1. The lowest BCUT2D eigenvalue weighted by atomic mass is 10.2. The van der Waals surface area contributed by atoms with Crippen LogP contribution in [-0.2, 0) is 9.59 Å². The summed E-state index contributed by atoms with van der Waals surface area (Å²) in [4.78, 5) is 23.2. The van der Waals surface area contributed by atoms with E-state index in [0.717, 1.165) is 0 Å². The van der Waals surface area contributed by atoms with Gasteiger partial charge in [-0.2, -0.15) is 0 Å². The normalized spacial score (nSPS) is 10.5. The van der Waals surface area contributed by atoms with E-state index >= 15 is 0 Å². The van der Waals surface area contributed by atoms with Crippen molar-refractivity contribution in [2.24, 2.45) is 0 Å². The number of amides is 2. The number of hydrogen-bond donors (Lipinski definition) is 2. The Hall–Kier alpha value is -3.15. The molecular formula is C18H17FN2O3. The Kier molecular flexibility index (Phi) is 5.68. The molecule has 0 atom stereocenters. The molecule has 0 saturated carbocycles. The van der Waals surface area contributed by atoms with Gasteiger partial charge in [0.1, 0.15) is 11.6 Å². The first-order valence-electron chi connectivity index (χ1n) is 7.18. The fourth-order valence-corrected chi connectivity index (χ4v) is 2.04. The first kappa shape index (κ1) is 17.2. The van der Waals surface area contributed by atoms with Crippen molar-refractivity contribution in [2.45, 2.75) is 6.92 Å². The number of carbonyl (C=O) groups is 2. The molecule has 0 aliphatic heterocycles. The Balaban J connectivity index is 2.09. The van der Waals surface area contributed by atoms with E-state index in [1.54, 1.807) is 30.3 Å². The van der Waals surface area contributed by atoms with Crippen LogP contribution in [0.5, 0.6) is 5.75 Å². The molecule has 2 aromatic rings. The predicted octanol–water partition coefficient (Wildman–Crippen LogP) is 3.44. The number of rotatable bonds is 5. The standard InChI is InChI=1S/C18H17FN2O3/c1-12(22)20-16-11-15(7-8-17(16)24-2)21-18(23)9-6-13-4-3-5-14(19)10-13/h3-11H,1-2H3,(H,20,22)(H,21,23)/b9-6+. The SMILES string of the molecule is COc1ccc(NC(=O)/C=C/c2cccc(F)c2)cc1NC(C)=O. The van der Waals surface area contributed by atoms with Crippen LogP contribution in [0.2, 0.25) is 0 Å². The first-order chi connectivity index (χ1) is 11.5. The van der Waals surface area contributed by atoms with Crippen molar-refractivity contribution in [3.8, 4) is 5.75 Å². The van der Waals surface area contributed by atoms with Gasteiger partial charge in [-0.15, -0.1) is 0 Å². The summed E-state index contributed by atoms with van der Waals surface area (Å²) >= 11 is 0. The van der Waals surface area contributed by atoms with E-state index in [1.807, 2.05) is 0 Å². The van der Waals surface area contributed by atoms with Gasteiger partial charge in [-0.1, -0.05) is 12.1 Å². The van der Waals surface area contributed by atoms with Crippen molar-refractivity contribution < 1.29 is 18.7 Å². The van der Waals surface area contributed by atoms with Crippen LogP contribution in [0.3, 0.4) is 0 Å². The molecule has 2 aromatic carbocycles. The second kappa shape index (κ2) is 7.92. The average Bonchev–Trinajstić information content (AvgIpc) is 2.53. The van der Waals surface area contributed by atoms with Crippen LogP contribution in [0, 0.1) is 5.82 Å². The number of hydrogen-bond acceptors (Lipinski definition) is 3. The maximum absolute atomic E-state index is 13.1. The highest BCUT2D eigenvalue weighted by molar-refractivity contribution is 6.02. The third-order valence-electron chi connectivity index (χ3n) is 3.05. The smallest absolute Gasteiger partial charge is 0.248 e. The minimum Gasteiger partial charge on any atom is -0.495 e. The molecule has 0 bridgehead atoms. The molecule has 2 rings (SSSR count). The molecule has 0 unspecified atom stereocenters. The molecule has 2 N–H and O–H groups in total. The lowest BCUT2D eigenvalue weighted by Crippen LogP contribution is -2.10. The average molecular weight is 328 g/mol. The lowest BCUT2D eigenvalue weighted by Gasteiger charge is -2.11. The Bertz CT molecular complexity index is 788. The summed E-state index contributed by atoms with van der Waals surface area (Å²) in [6, 6.07) is 10.8. The zero-order chi connectivity index (χ0) is 17.5. The van der Waals surface area contributed by atoms with Crippen molar-refractivity contribution in [1.29, 1.82) is 0 Å². The van der Waals surface area contributed by atoms with E-state index in [9.17, 15) is 14.0 Å². The van der Waals surface area contributed by atoms with Crippen molar-refractivity contribution >= 4 is 29.3 Å². The van der Waals surface area contributed by atoms with Crippen LogP contribution >= 0.6 is 0 Å².